The molecule has 0 atom stereocenters. The number of hydrogen-bond donors (Lipinski definition) is 1. The van der Waals surface area contributed by atoms with E-state index in [4.69, 9.17) is 4.74 Å². The van der Waals surface area contributed by atoms with Gasteiger partial charge in [-0.05, 0) is 43.0 Å². The number of halogens is 1. The molecule has 0 heterocycles. The summed E-state index contributed by atoms with van der Waals surface area (Å²) in [7, 11) is 2.99. The number of aliphatic hydroxyl groups is 1. The molecule has 0 aromatic heterocycles. The molecule has 0 unspecified atom stereocenters. The summed E-state index contributed by atoms with van der Waals surface area (Å²) in [5, 5.41) is 18.6. The minimum absolute atomic E-state index is 0.00815. The second-order valence-electron chi connectivity index (χ2n) is 7.56. The average molecular weight is 482 g/mol. The van der Waals surface area contributed by atoms with Crippen molar-refractivity contribution >= 4 is 19.0 Å². The third-order valence-electron chi connectivity index (χ3n) is 5.04. The van der Waals surface area contributed by atoms with Crippen molar-refractivity contribution in [2.45, 2.75) is 13.0 Å². The van der Waals surface area contributed by atoms with E-state index in [0.717, 1.165) is 4.90 Å². The van der Waals surface area contributed by atoms with Crippen LogP contribution < -0.4 is 4.74 Å². The van der Waals surface area contributed by atoms with Gasteiger partial charge in [-0.15, -0.1) is 0 Å². The number of nitriles is 1. The largest absolute Gasteiger partial charge is 0.472 e. The zero-order chi connectivity index (χ0) is 25.8. The first-order chi connectivity index (χ1) is 16.9. The average Bonchev–Trinajstić information content (AvgIpc) is 2.88. The molecule has 2 aromatic carbocycles. The van der Waals surface area contributed by atoms with Crippen LogP contribution in [0.1, 0.15) is 17.5 Å². The Bertz CT molecular complexity index is 1100. The Morgan fingerprint density at radius 3 is 2.51 bits per heavy atom. The maximum atomic E-state index is 13.5. The van der Waals surface area contributed by atoms with Crippen molar-refractivity contribution in [2.75, 3.05) is 34.0 Å². The zero-order valence-electron chi connectivity index (χ0n) is 19.7. The van der Waals surface area contributed by atoms with Gasteiger partial charge >= 0.3 is 0 Å². The first kappa shape index (κ1) is 27.0. The van der Waals surface area contributed by atoms with E-state index in [9.17, 15) is 24.3 Å². The van der Waals surface area contributed by atoms with Gasteiger partial charge < -0.3 is 24.5 Å². The molecule has 0 spiro atoms. The fraction of sp³-hybridized carbons (Fsp3) is 0.280. The molecule has 184 valence electrons. The summed E-state index contributed by atoms with van der Waals surface area (Å²) in [5.74, 6) is -0.616. The Morgan fingerprint density at radius 1 is 1.23 bits per heavy atom. The molecule has 0 bridgehead atoms. The minimum atomic E-state index is -0.492. The molecule has 2 aromatic rings. The molecule has 0 aliphatic rings. The van der Waals surface area contributed by atoms with Crippen LogP contribution in [0.2, 0.25) is 0 Å². The van der Waals surface area contributed by atoms with Crippen LogP contribution in [-0.2, 0) is 16.1 Å². The number of para-hydroxylation sites is 1. The topological polar surface area (TPSA) is 109 Å². The molecule has 2 amide bonds. The fourth-order valence-corrected chi connectivity index (χ4v) is 3.20. The summed E-state index contributed by atoms with van der Waals surface area (Å²) < 4.78 is 19.4. The number of carbonyl (C=O) groups excluding carboxylic acids is 2. The Morgan fingerprint density at radius 2 is 1.91 bits per heavy atom. The molecule has 0 saturated heterocycles. The maximum Gasteiger partial charge on any atom is 0.273 e. The molecule has 0 aliphatic carbocycles. The third-order valence-corrected chi connectivity index (χ3v) is 5.04. The van der Waals surface area contributed by atoms with Gasteiger partial charge in [-0.2, -0.15) is 5.26 Å². The summed E-state index contributed by atoms with van der Waals surface area (Å²) in [4.78, 5) is 33.1. The van der Waals surface area contributed by atoms with Gasteiger partial charge in [-0.1, -0.05) is 24.3 Å². The predicted octanol–water partition coefficient (Wildman–Crippen LogP) is 2.33. The predicted molar refractivity (Wildman–Crippen MR) is 128 cm³/mol. The minimum Gasteiger partial charge on any atom is -0.472 e. The fourth-order valence-electron chi connectivity index (χ4n) is 3.20. The number of nitrogens with zero attached hydrogens (tertiary/aromatic N) is 5. The smallest absolute Gasteiger partial charge is 0.273 e. The van der Waals surface area contributed by atoms with Crippen LogP contribution in [0.4, 0.5) is 4.39 Å². The van der Waals surface area contributed by atoms with E-state index in [-0.39, 0.29) is 37.9 Å². The van der Waals surface area contributed by atoms with Gasteiger partial charge in [0.25, 0.3) is 5.91 Å². The Balaban J connectivity index is 2.57. The van der Waals surface area contributed by atoms with E-state index >= 15 is 0 Å². The first-order valence-corrected chi connectivity index (χ1v) is 10.7. The summed E-state index contributed by atoms with van der Waals surface area (Å²) in [6, 6.07) is 14.4. The van der Waals surface area contributed by atoms with Gasteiger partial charge in [0.05, 0.1) is 5.56 Å². The zero-order valence-corrected chi connectivity index (χ0v) is 19.7. The van der Waals surface area contributed by atoms with Crippen LogP contribution in [0.3, 0.4) is 0 Å². The van der Waals surface area contributed by atoms with Gasteiger partial charge in [0, 0.05) is 33.8 Å². The van der Waals surface area contributed by atoms with Crippen molar-refractivity contribution in [2.24, 2.45) is 4.99 Å². The van der Waals surface area contributed by atoms with Crippen molar-refractivity contribution in [3.8, 4) is 11.8 Å². The van der Waals surface area contributed by atoms with Gasteiger partial charge in [0.2, 0.25) is 6.41 Å². The van der Waals surface area contributed by atoms with E-state index in [1.54, 1.807) is 43.4 Å². The second kappa shape index (κ2) is 13.5. The van der Waals surface area contributed by atoms with E-state index in [2.05, 4.69) is 17.8 Å². The van der Waals surface area contributed by atoms with Crippen molar-refractivity contribution in [1.29, 1.82) is 5.26 Å². The van der Waals surface area contributed by atoms with Crippen molar-refractivity contribution < 1.29 is 23.8 Å². The SMILES string of the molecule is C=N/C(=C(/C(=O)N(C)CCCO)N(COc1ccccc1C#N)Cc1ccc(F)cc1)N(C)C=O. The monoisotopic (exact) mass is 481 g/mol. The molecule has 0 saturated carbocycles. The molecule has 0 fully saturated rings. The highest BCUT2D eigenvalue weighted by Crippen LogP contribution is 2.23. The number of aliphatic hydroxyl groups excluding tert-OH is 1. The van der Waals surface area contributed by atoms with E-state index in [1.807, 2.05) is 0 Å². The molecule has 0 aliphatic heterocycles. The number of amides is 2. The summed E-state index contributed by atoms with van der Waals surface area (Å²) >= 11 is 0. The number of ether oxygens (including phenoxy) is 1. The lowest BCUT2D eigenvalue weighted by Gasteiger charge is -2.31. The lowest BCUT2D eigenvalue weighted by Crippen LogP contribution is -2.41. The summed E-state index contributed by atoms with van der Waals surface area (Å²) in [6.45, 7) is 3.56. The van der Waals surface area contributed by atoms with Crippen LogP contribution in [-0.4, -0.2) is 72.8 Å². The highest BCUT2D eigenvalue weighted by Gasteiger charge is 2.28. The highest BCUT2D eigenvalue weighted by atomic mass is 19.1. The van der Waals surface area contributed by atoms with Gasteiger partial charge in [-0.3, -0.25) is 9.59 Å². The van der Waals surface area contributed by atoms with Gasteiger partial charge in [-0.25, -0.2) is 9.38 Å². The quantitative estimate of drug-likeness (QED) is 0.204. The van der Waals surface area contributed by atoms with Gasteiger partial charge in [0.15, 0.2) is 12.6 Å². The molecule has 10 heteroatoms. The van der Waals surface area contributed by atoms with E-state index < -0.39 is 11.7 Å². The Hall–Kier alpha value is -4.23. The normalized spacial score (nSPS) is 11.1. The first-order valence-electron chi connectivity index (χ1n) is 10.7. The van der Waals surface area contributed by atoms with Crippen molar-refractivity contribution in [3.05, 3.63) is 77.0 Å². The van der Waals surface area contributed by atoms with E-state index in [0.29, 0.717) is 29.7 Å². The lowest BCUT2D eigenvalue weighted by molar-refractivity contribution is -0.128. The molecule has 9 nitrogen and oxygen atoms in total. The molecular weight excluding hydrogens is 453 g/mol. The van der Waals surface area contributed by atoms with Gasteiger partial charge in [0.1, 0.15) is 23.3 Å². The number of hydrogen-bond acceptors (Lipinski definition) is 7. The molecular formula is C25H28FN5O4. The molecule has 2 rings (SSSR count). The molecule has 0 radical (unpaired) electrons. The van der Waals surface area contributed by atoms with Crippen LogP contribution in [0.15, 0.2) is 65.0 Å². The standard InChI is InChI=1S/C25H28FN5O4/c1-28-24(30(3)17-33)23(25(34)29(2)13-6-14-32)31(16-19-9-11-21(26)12-10-19)18-35-22-8-5-4-7-20(22)15-27/h4-5,7-12,17,32H,1,6,13-14,16,18H2,2-3H3/b24-23+. The van der Waals surface area contributed by atoms with Crippen LogP contribution in [0.25, 0.3) is 0 Å². The summed E-state index contributed by atoms with van der Waals surface area (Å²) in [5.41, 5.74) is 0.969. The number of likely N-dealkylation sites (N-methyl/N-ethyl adjacent to an activating group) is 1. The van der Waals surface area contributed by atoms with Crippen LogP contribution >= 0.6 is 0 Å². The highest BCUT2D eigenvalue weighted by molar-refractivity contribution is 5.93. The maximum absolute atomic E-state index is 13.5. The number of benzene rings is 2. The second-order valence-corrected chi connectivity index (χ2v) is 7.56. The Kier molecular flexibility index (Phi) is 10.4. The van der Waals surface area contributed by atoms with E-state index in [1.165, 1.54) is 29.0 Å². The molecule has 35 heavy (non-hydrogen) atoms. The van der Waals surface area contributed by atoms with Crippen LogP contribution in [0.5, 0.6) is 5.75 Å². The van der Waals surface area contributed by atoms with Crippen molar-refractivity contribution in [3.63, 3.8) is 0 Å². The molecule has 1 N–H and O–H groups in total. The number of carbonyl (C=O) groups is 2. The lowest BCUT2D eigenvalue weighted by atomic mass is 10.2. The number of rotatable bonds is 13. The Labute approximate surface area is 204 Å². The number of aliphatic imine (C=N–C) groups is 1. The third kappa shape index (κ3) is 7.38. The van der Waals surface area contributed by atoms with Crippen LogP contribution in [0, 0.1) is 17.1 Å². The van der Waals surface area contributed by atoms with Crippen molar-refractivity contribution in [1.82, 2.24) is 14.7 Å². The summed E-state index contributed by atoms with van der Waals surface area (Å²) in [6.07, 6.45) is 0.840.